The fourth-order valence-corrected chi connectivity index (χ4v) is 3.49. The molecule has 2 aromatic carbocycles. The Balaban J connectivity index is 1.48. The van der Waals surface area contributed by atoms with Crippen LogP contribution in [0.15, 0.2) is 54.6 Å². The van der Waals surface area contributed by atoms with Crippen molar-refractivity contribution in [2.24, 2.45) is 0 Å². The van der Waals surface area contributed by atoms with Gasteiger partial charge in [-0.05, 0) is 50.1 Å². The first-order valence-electron chi connectivity index (χ1n) is 10.2. The van der Waals surface area contributed by atoms with Crippen LogP contribution in [0.25, 0.3) is 0 Å². The fourth-order valence-electron chi connectivity index (χ4n) is 3.49. The van der Waals surface area contributed by atoms with Gasteiger partial charge in [-0.25, -0.2) is 0 Å². The maximum atomic E-state index is 12.8. The van der Waals surface area contributed by atoms with Crippen molar-refractivity contribution < 1.29 is 14.3 Å². The number of likely N-dealkylation sites (tertiary alicyclic amines) is 1. The summed E-state index contributed by atoms with van der Waals surface area (Å²) in [5, 5.41) is 3.18. The first kappa shape index (κ1) is 20.2. The Bertz CT molecular complexity index is 728. The third-order valence-corrected chi connectivity index (χ3v) is 4.95. The van der Waals surface area contributed by atoms with Crippen LogP contribution in [-0.4, -0.2) is 49.7 Å². The first-order chi connectivity index (χ1) is 13.8. The van der Waals surface area contributed by atoms with Crippen molar-refractivity contribution in [1.29, 1.82) is 0 Å². The van der Waals surface area contributed by atoms with Gasteiger partial charge in [-0.1, -0.05) is 37.3 Å². The highest BCUT2D eigenvalue weighted by molar-refractivity contribution is 5.97. The number of nitrogens with one attached hydrogen (secondary N) is 1. The van der Waals surface area contributed by atoms with Gasteiger partial charge in [-0.2, -0.15) is 0 Å². The minimum absolute atomic E-state index is 0.0616. The average molecular weight is 383 g/mol. The SMILES string of the molecule is CCCN1CCC(NC(=O)c2ccccc2OCCOc2ccccc2)CC1. The van der Waals surface area contributed by atoms with E-state index in [9.17, 15) is 4.79 Å². The highest BCUT2D eigenvalue weighted by Gasteiger charge is 2.22. The van der Waals surface area contributed by atoms with E-state index in [1.165, 1.54) is 6.42 Å². The minimum Gasteiger partial charge on any atom is -0.490 e. The molecule has 1 aliphatic heterocycles. The van der Waals surface area contributed by atoms with Gasteiger partial charge in [0.05, 0.1) is 5.56 Å². The number of piperidine rings is 1. The third kappa shape index (κ3) is 5.99. The molecule has 1 heterocycles. The molecular formula is C23H30N2O3. The van der Waals surface area contributed by atoms with Gasteiger partial charge in [0.15, 0.2) is 0 Å². The molecule has 2 aromatic rings. The van der Waals surface area contributed by atoms with Gasteiger partial charge in [0.25, 0.3) is 5.91 Å². The molecule has 0 unspecified atom stereocenters. The molecule has 150 valence electrons. The van der Waals surface area contributed by atoms with Crippen molar-refractivity contribution in [2.45, 2.75) is 32.2 Å². The van der Waals surface area contributed by atoms with Gasteiger partial charge in [0.1, 0.15) is 24.7 Å². The summed E-state index contributed by atoms with van der Waals surface area (Å²) < 4.78 is 11.5. The summed E-state index contributed by atoms with van der Waals surface area (Å²) in [5.74, 6) is 1.35. The van der Waals surface area contributed by atoms with Crippen LogP contribution in [-0.2, 0) is 0 Å². The molecule has 1 aliphatic rings. The summed E-state index contributed by atoms with van der Waals surface area (Å²) in [6.45, 7) is 6.25. The molecule has 0 aromatic heterocycles. The zero-order valence-electron chi connectivity index (χ0n) is 16.6. The fraction of sp³-hybridized carbons (Fsp3) is 0.435. The number of amides is 1. The zero-order valence-corrected chi connectivity index (χ0v) is 16.6. The van der Waals surface area contributed by atoms with E-state index in [2.05, 4.69) is 17.1 Å². The average Bonchev–Trinajstić information content (AvgIpc) is 2.74. The molecule has 28 heavy (non-hydrogen) atoms. The number of carbonyl (C=O) groups is 1. The molecule has 5 heteroatoms. The summed E-state index contributed by atoms with van der Waals surface area (Å²) in [6.07, 6.45) is 3.18. The van der Waals surface area contributed by atoms with Crippen LogP contribution >= 0.6 is 0 Å². The summed E-state index contributed by atoms with van der Waals surface area (Å²) in [6, 6.07) is 17.3. The maximum absolute atomic E-state index is 12.8. The normalized spacial score (nSPS) is 15.2. The van der Waals surface area contributed by atoms with Gasteiger partial charge in [0, 0.05) is 19.1 Å². The molecule has 0 aliphatic carbocycles. The predicted molar refractivity (Wildman–Crippen MR) is 111 cm³/mol. The minimum atomic E-state index is -0.0616. The van der Waals surface area contributed by atoms with Crippen molar-refractivity contribution in [1.82, 2.24) is 10.2 Å². The smallest absolute Gasteiger partial charge is 0.255 e. The molecule has 5 nitrogen and oxygen atoms in total. The Morgan fingerprint density at radius 1 is 1.00 bits per heavy atom. The molecule has 0 spiro atoms. The van der Waals surface area contributed by atoms with Crippen LogP contribution in [0.3, 0.4) is 0 Å². The van der Waals surface area contributed by atoms with E-state index in [0.29, 0.717) is 24.5 Å². The van der Waals surface area contributed by atoms with Crippen LogP contribution in [0.5, 0.6) is 11.5 Å². The van der Waals surface area contributed by atoms with Crippen molar-refractivity contribution in [3.8, 4) is 11.5 Å². The number of hydrogen-bond donors (Lipinski definition) is 1. The quantitative estimate of drug-likeness (QED) is 0.671. The second kappa shape index (κ2) is 10.7. The number of hydrogen-bond acceptors (Lipinski definition) is 4. The van der Waals surface area contributed by atoms with Crippen LogP contribution < -0.4 is 14.8 Å². The molecule has 0 saturated carbocycles. The summed E-state index contributed by atoms with van der Waals surface area (Å²) in [4.78, 5) is 15.2. The number of carbonyl (C=O) groups excluding carboxylic acids is 1. The van der Waals surface area contributed by atoms with E-state index in [1.807, 2.05) is 54.6 Å². The molecule has 1 N–H and O–H groups in total. The van der Waals surface area contributed by atoms with Gasteiger partial charge in [-0.3, -0.25) is 4.79 Å². The predicted octanol–water partition coefficient (Wildman–Crippen LogP) is 3.75. The standard InChI is InChI=1S/C23H30N2O3/c1-2-14-25-15-12-19(13-16-25)24-23(26)21-10-6-7-11-22(21)28-18-17-27-20-8-4-3-5-9-20/h3-11,19H,2,12-18H2,1H3,(H,24,26). The Labute approximate surface area is 167 Å². The Morgan fingerprint density at radius 2 is 1.68 bits per heavy atom. The lowest BCUT2D eigenvalue weighted by Gasteiger charge is -2.32. The lowest BCUT2D eigenvalue weighted by molar-refractivity contribution is 0.0906. The number of benzene rings is 2. The van der Waals surface area contributed by atoms with Gasteiger partial charge < -0.3 is 19.7 Å². The van der Waals surface area contributed by atoms with Gasteiger partial charge in [0.2, 0.25) is 0 Å². The van der Waals surface area contributed by atoms with E-state index in [4.69, 9.17) is 9.47 Å². The van der Waals surface area contributed by atoms with Gasteiger partial charge >= 0.3 is 0 Å². The van der Waals surface area contributed by atoms with Crippen LogP contribution in [0.2, 0.25) is 0 Å². The molecule has 0 atom stereocenters. The van der Waals surface area contributed by atoms with E-state index in [-0.39, 0.29) is 11.9 Å². The summed E-state index contributed by atoms with van der Waals surface area (Å²) >= 11 is 0. The molecule has 0 radical (unpaired) electrons. The molecule has 1 amide bonds. The van der Waals surface area contributed by atoms with Crippen molar-refractivity contribution in [3.63, 3.8) is 0 Å². The topological polar surface area (TPSA) is 50.8 Å². The van der Waals surface area contributed by atoms with Crippen molar-refractivity contribution >= 4 is 5.91 Å². The van der Waals surface area contributed by atoms with E-state index in [0.717, 1.165) is 38.2 Å². The lowest BCUT2D eigenvalue weighted by atomic mass is 10.0. The second-order valence-corrected chi connectivity index (χ2v) is 7.10. The van der Waals surface area contributed by atoms with Crippen LogP contribution in [0, 0.1) is 0 Å². The summed E-state index contributed by atoms with van der Waals surface area (Å²) in [5.41, 5.74) is 0.582. The van der Waals surface area contributed by atoms with Crippen LogP contribution in [0.4, 0.5) is 0 Å². The molecular weight excluding hydrogens is 352 g/mol. The maximum Gasteiger partial charge on any atom is 0.255 e. The van der Waals surface area contributed by atoms with Crippen molar-refractivity contribution in [2.75, 3.05) is 32.8 Å². The van der Waals surface area contributed by atoms with Gasteiger partial charge in [-0.15, -0.1) is 0 Å². The molecule has 1 saturated heterocycles. The highest BCUT2D eigenvalue weighted by atomic mass is 16.5. The number of ether oxygens (including phenoxy) is 2. The first-order valence-corrected chi connectivity index (χ1v) is 10.2. The number of para-hydroxylation sites is 2. The largest absolute Gasteiger partial charge is 0.490 e. The van der Waals surface area contributed by atoms with E-state index < -0.39 is 0 Å². The molecule has 3 rings (SSSR count). The molecule has 0 bridgehead atoms. The zero-order chi connectivity index (χ0) is 19.6. The lowest BCUT2D eigenvalue weighted by Crippen LogP contribution is -2.44. The monoisotopic (exact) mass is 382 g/mol. The Kier molecular flexibility index (Phi) is 7.73. The van der Waals surface area contributed by atoms with E-state index >= 15 is 0 Å². The third-order valence-electron chi connectivity index (χ3n) is 4.95. The Morgan fingerprint density at radius 3 is 2.43 bits per heavy atom. The van der Waals surface area contributed by atoms with Crippen molar-refractivity contribution in [3.05, 3.63) is 60.2 Å². The number of nitrogens with zero attached hydrogens (tertiary/aromatic N) is 1. The number of rotatable bonds is 9. The second-order valence-electron chi connectivity index (χ2n) is 7.10. The summed E-state index contributed by atoms with van der Waals surface area (Å²) in [7, 11) is 0. The van der Waals surface area contributed by atoms with E-state index in [1.54, 1.807) is 0 Å². The Hall–Kier alpha value is -2.53. The highest BCUT2D eigenvalue weighted by Crippen LogP contribution is 2.19. The van der Waals surface area contributed by atoms with Crippen LogP contribution in [0.1, 0.15) is 36.5 Å². The molecule has 1 fully saturated rings.